The number of sulfonamides is 1. The highest BCUT2D eigenvalue weighted by molar-refractivity contribution is 7.89. The van der Waals surface area contributed by atoms with Crippen LogP contribution in [0, 0.1) is 0 Å². The Morgan fingerprint density at radius 1 is 1.38 bits per heavy atom. The molecule has 1 rings (SSSR count). The molecule has 0 aliphatic carbocycles. The van der Waals surface area contributed by atoms with E-state index in [1.807, 2.05) is 13.8 Å². The number of nitrogens with one attached hydrogen (secondary N) is 1. The van der Waals surface area contributed by atoms with Gasteiger partial charge in [-0.25, -0.2) is 13.6 Å². The van der Waals surface area contributed by atoms with Crippen molar-refractivity contribution in [2.75, 3.05) is 7.11 Å². The fourth-order valence-electron chi connectivity index (χ4n) is 1.92. The fourth-order valence-corrected chi connectivity index (χ4v) is 2.94. The number of carbonyl (C=O) groups excluding carboxylic acids is 1. The first-order valence-electron chi connectivity index (χ1n) is 6.45. The van der Waals surface area contributed by atoms with Crippen LogP contribution in [0.5, 0.6) is 5.75 Å². The van der Waals surface area contributed by atoms with Gasteiger partial charge >= 0.3 is 0 Å². The summed E-state index contributed by atoms with van der Waals surface area (Å²) in [6.45, 7) is 3.89. The lowest BCUT2D eigenvalue weighted by atomic mass is 10.1. The maximum atomic E-state index is 12.3. The Hall–Kier alpha value is -1.31. The molecule has 0 bridgehead atoms. The van der Waals surface area contributed by atoms with Gasteiger partial charge < -0.3 is 10.1 Å². The van der Waals surface area contributed by atoms with Gasteiger partial charge in [0.05, 0.1) is 12.7 Å². The van der Waals surface area contributed by atoms with Gasteiger partial charge in [-0.05, 0) is 25.0 Å². The zero-order chi connectivity index (χ0) is 16.2. The smallest absolute Gasteiger partial charge is 0.255 e. The number of benzene rings is 1. The van der Waals surface area contributed by atoms with E-state index in [2.05, 4.69) is 5.32 Å². The molecule has 3 N–H and O–H groups in total. The van der Waals surface area contributed by atoms with E-state index in [0.717, 1.165) is 18.9 Å². The Bertz CT molecular complexity index is 627. The number of methoxy groups -OCH3 is 1. The third-order valence-corrected chi connectivity index (χ3v) is 4.23. The molecule has 0 aliphatic rings. The standard InChI is InChI=1S/C13H19ClN2O4S/c1-4-9(5-2)16-13(17)10-6-8(14)7-11(12(10)20-3)21(15,18)19/h6-7,9H,4-5H2,1-3H3,(H,16,17)(H2,15,18,19). The second-order valence-electron chi connectivity index (χ2n) is 4.52. The molecule has 1 amide bonds. The molecule has 6 nitrogen and oxygen atoms in total. The van der Waals surface area contributed by atoms with Gasteiger partial charge in [0.1, 0.15) is 4.90 Å². The first-order chi connectivity index (χ1) is 9.74. The molecule has 0 saturated heterocycles. The number of amides is 1. The summed E-state index contributed by atoms with van der Waals surface area (Å²) in [6, 6.07) is 2.50. The highest BCUT2D eigenvalue weighted by atomic mass is 35.5. The Balaban J connectivity index is 3.36. The number of carbonyl (C=O) groups is 1. The zero-order valence-electron chi connectivity index (χ0n) is 12.1. The molecular weight excluding hydrogens is 316 g/mol. The van der Waals surface area contributed by atoms with Gasteiger partial charge in [-0.1, -0.05) is 25.4 Å². The molecule has 0 aliphatic heterocycles. The van der Waals surface area contributed by atoms with Crippen molar-refractivity contribution in [1.29, 1.82) is 0 Å². The van der Waals surface area contributed by atoms with E-state index in [4.69, 9.17) is 21.5 Å². The van der Waals surface area contributed by atoms with Crippen molar-refractivity contribution in [1.82, 2.24) is 5.32 Å². The van der Waals surface area contributed by atoms with E-state index in [1.165, 1.54) is 13.2 Å². The molecule has 0 spiro atoms. The molecule has 0 unspecified atom stereocenters. The Labute approximate surface area is 129 Å². The van der Waals surface area contributed by atoms with Crippen molar-refractivity contribution in [3.8, 4) is 5.75 Å². The lowest BCUT2D eigenvalue weighted by Gasteiger charge is -2.17. The highest BCUT2D eigenvalue weighted by Crippen LogP contribution is 2.31. The van der Waals surface area contributed by atoms with E-state index in [1.54, 1.807) is 0 Å². The molecule has 0 fully saturated rings. The van der Waals surface area contributed by atoms with Crippen molar-refractivity contribution in [2.45, 2.75) is 37.6 Å². The Kier molecular flexibility index (Phi) is 6.00. The third-order valence-electron chi connectivity index (χ3n) is 3.10. The SMILES string of the molecule is CCC(CC)NC(=O)c1cc(Cl)cc(S(N)(=O)=O)c1OC. The first-order valence-corrected chi connectivity index (χ1v) is 8.38. The van der Waals surface area contributed by atoms with Gasteiger partial charge in [0.25, 0.3) is 5.91 Å². The summed E-state index contributed by atoms with van der Waals surface area (Å²) in [4.78, 5) is 12.0. The van der Waals surface area contributed by atoms with E-state index in [-0.39, 0.29) is 27.3 Å². The maximum Gasteiger partial charge on any atom is 0.255 e. The van der Waals surface area contributed by atoms with E-state index >= 15 is 0 Å². The van der Waals surface area contributed by atoms with Gasteiger partial charge in [-0.15, -0.1) is 0 Å². The summed E-state index contributed by atoms with van der Waals surface area (Å²) in [5, 5.41) is 8.02. The number of primary sulfonamides is 1. The van der Waals surface area contributed by atoms with Gasteiger partial charge in [0.15, 0.2) is 5.75 Å². The van der Waals surface area contributed by atoms with Gasteiger partial charge in [-0.3, -0.25) is 4.79 Å². The average molecular weight is 335 g/mol. The number of hydrogen-bond acceptors (Lipinski definition) is 4. The normalized spacial score (nSPS) is 11.5. The number of halogens is 1. The van der Waals surface area contributed by atoms with Crippen LogP contribution in [0.4, 0.5) is 0 Å². The quantitative estimate of drug-likeness (QED) is 0.830. The minimum Gasteiger partial charge on any atom is -0.494 e. The molecule has 8 heteroatoms. The van der Waals surface area contributed by atoms with Crippen LogP contribution in [0.1, 0.15) is 37.0 Å². The monoisotopic (exact) mass is 334 g/mol. The zero-order valence-corrected chi connectivity index (χ0v) is 13.7. The molecule has 1 aromatic carbocycles. The summed E-state index contributed by atoms with van der Waals surface area (Å²) < 4.78 is 28.2. The van der Waals surface area contributed by atoms with Crippen molar-refractivity contribution in [3.63, 3.8) is 0 Å². The van der Waals surface area contributed by atoms with Crippen LogP contribution in [-0.2, 0) is 10.0 Å². The summed E-state index contributed by atoms with van der Waals surface area (Å²) >= 11 is 5.88. The third kappa shape index (κ3) is 4.33. The topological polar surface area (TPSA) is 98.5 Å². The van der Waals surface area contributed by atoms with Gasteiger partial charge in [-0.2, -0.15) is 0 Å². The van der Waals surface area contributed by atoms with Crippen LogP contribution in [0.3, 0.4) is 0 Å². The van der Waals surface area contributed by atoms with Crippen LogP contribution < -0.4 is 15.2 Å². The van der Waals surface area contributed by atoms with Gasteiger partial charge in [0.2, 0.25) is 10.0 Å². The molecule has 0 heterocycles. The second kappa shape index (κ2) is 7.11. The van der Waals surface area contributed by atoms with Gasteiger partial charge in [0, 0.05) is 11.1 Å². The molecular formula is C13H19ClN2O4S. The first kappa shape index (κ1) is 17.7. The van der Waals surface area contributed by atoms with Crippen molar-refractivity contribution in [3.05, 3.63) is 22.7 Å². The second-order valence-corrected chi connectivity index (χ2v) is 6.48. The van der Waals surface area contributed by atoms with Crippen LogP contribution in [0.15, 0.2) is 17.0 Å². The minimum absolute atomic E-state index is 0.0147. The van der Waals surface area contributed by atoms with Crippen LogP contribution in [0.2, 0.25) is 5.02 Å². The maximum absolute atomic E-state index is 12.3. The largest absolute Gasteiger partial charge is 0.494 e. The number of ether oxygens (including phenoxy) is 1. The summed E-state index contributed by atoms with van der Waals surface area (Å²) in [5.41, 5.74) is 0.0425. The summed E-state index contributed by atoms with van der Waals surface area (Å²) in [7, 11) is -2.78. The number of nitrogens with two attached hydrogens (primary N) is 1. The van der Waals surface area contributed by atoms with Crippen LogP contribution in [-0.4, -0.2) is 27.5 Å². The predicted octanol–water partition coefficient (Wildman–Crippen LogP) is 1.91. The van der Waals surface area contributed by atoms with E-state index in [9.17, 15) is 13.2 Å². The fraction of sp³-hybridized carbons (Fsp3) is 0.462. The lowest BCUT2D eigenvalue weighted by Crippen LogP contribution is -2.34. The Morgan fingerprint density at radius 2 is 1.95 bits per heavy atom. The lowest BCUT2D eigenvalue weighted by molar-refractivity contribution is 0.0931. The van der Waals surface area contributed by atoms with Crippen LogP contribution in [0.25, 0.3) is 0 Å². The van der Waals surface area contributed by atoms with E-state index < -0.39 is 15.9 Å². The number of hydrogen-bond donors (Lipinski definition) is 2. The molecule has 0 aromatic heterocycles. The highest BCUT2D eigenvalue weighted by Gasteiger charge is 2.24. The summed E-state index contributed by atoms with van der Waals surface area (Å²) in [5.74, 6) is -0.557. The van der Waals surface area contributed by atoms with Crippen molar-refractivity contribution < 1.29 is 17.9 Å². The summed E-state index contributed by atoms with van der Waals surface area (Å²) in [6.07, 6.45) is 1.51. The predicted molar refractivity (Wildman–Crippen MR) is 81.2 cm³/mol. The van der Waals surface area contributed by atoms with Crippen molar-refractivity contribution >= 4 is 27.5 Å². The molecule has 118 valence electrons. The molecule has 1 aromatic rings. The Morgan fingerprint density at radius 3 is 2.38 bits per heavy atom. The van der Waals surface area contributed by atoms with Crippen LogP contribution >= 0.6 is 11.6 Å². The van der Waals surface area contributed by atoms with E-state index in [0.29, 0.717) is 0 Å². The number of rotatable bonds is 6. The minimum atomic E-state index is -4.05. The van der Waals surface area contributed by atoms with Crippen molar-refractivity contribution in [2.24, 2.45) is 5.14 Å². The molecule has 0 radical (unpaired) electrons. The average Bonchev–Trinajstić information content (AvgIpc) is 2.42. The molecule has 0 atom stereocenters. The molecule has 0 saturated carbocycles. The molecule has 21 heavy (non-hydrogen) atoms.